The van der Waals surface area contributed by atoms with Crippen LogP contribution in [0.1, 0.15) is 134 Å². The van der Waals surface area contributed by atoms with E-state index in [1.54, 1.807) is 6.92 Å². The summed E-state index contributed by atoms with van der Waals surface area (Å²) in [7, 11) is 2.80. The summed E-state index contributed by atoms with van der Waals surface area (Å²) < 4.78 is 0. The number of nitrogens with one attached hydrogen (secondary N) is 4. The van der Waals surface area contributed by atoms with Gasteiger partial charge in [-0.3, -0.25) is 28.8 Å². The van der Waals surface area contributed by atoms with E-state index in [0.717, 1.165) is 24.2 Å². The number of phenolic OH excluding ortho intramolecular Hbond substituents is 2. The molecule has 0 aliphatic carbocycles. The lowest BCUT2D eigenvalue weighted by Crippen LogP contribution is -2.53. The number of aliphatic hydroxyl groups is 1. The number of amides is 6. The van der Waals surface area contributed by atoms with E-state index in [9.17, 15) is 54.0 Å². The van der Waals surface area contributed by atoms with E-state index in [-0.39, 0.29) is 59.9 Å². The number of nitrogens with zero attached hydrogens (tertiary/aromatic N) is 2. The molecule has 2 aromatic carbocycles. The van der Waals surface area contributed by atoms with Crippen LogP contribution in [-0.4, -0.2) is 124 Å². The number of hydrogen-bond donors (Lipinski definition) is 8. The van der Waals surface area contributed by atoms with E-state index in [1.807, 2.05) is 0 Å². The Bertz CT molecular complexity index is 1930. The van der Waals surface area contributed by atoms with Crippen LogP contribution in [0.5, 0.6) is 11.5 Å². The van der Waals surface area contributed by atoms with Gasteiger partial charge in [-0.05, 0) is 55.2 Å². The maximum atomic E-state index is 13.9. The number of phenols is 2. The van der Waals surface area contributed by atoms with Crippen LogP contribution in [0.25, 0.3) is 11.1 Å². The first kappa shape index (κ1) is 53.6. The first-order chi connectivity index (χ1) is 31.0. The summed E-state index contributed by atoms with van der Waals surface area (Å²) in [6.45, 7) is 4.10. The van der Waals surface area contributed by atoms with Gasteiger partial charge in [-0.25, -0.2) is 4.79 Å². The molecule has 360 valence electrons. The quantitative estimate of drug-likeness (QED) is 0.0646. The molecular weight excluding hydrogens is 837 g/mol. The summed E-state index contributed by atoms with van der Waals surface area (Å²) in [4.78, 5) is 93.9. The fraction of sp³-hybridized carbons (Fsp3) is 0.604. The zero-order valence-corrected chi connectivity index (χ0v) is 38.8. The van der Waals surface area contributed by atoms with Crippen molar-refractivity contribution in [3.8, 4) is 22.6 Å². The minimum atomic E-state index is -1.43. The molecule has 0 saturated carbocycles. The number of benzene rings is 2. The Morgan fingerprint density at radius 1 is 0.754 bits per heavy atom. The van der Waals surface area contributed by atoms with E-state index in [1.165, 1.54) is 120 Å². The van der Waals surface area contributed by atoms with Crippen molar-refractivity contribution >= 4 is 41.4 Å². The Hall–Kier alpha value is -5.71. The molecule has 6 amide bonds. The summed E-state index contributed by atoms with van der Waals surface area (Å²) in [6, 6.07) is 3.18. The molecule has 1 heterocycles. The molecule has 1 aliphatic heterocycles. The van der Waals surface area contributed by atoms with E-state index in [2.05, 4.69) is 28.2 Å². The predicted molar refractivity (Wildman–Crippen MR) is 245 cm³/mol. The van der Waals surface area contributed by atoms with Gasteiger partial charge in [0.1, 0.15) is 35.7 Å². The molecule has 3 rings (SSSR count). The molecule has 1 aliphatic rings. The second kappa shape index (κ2) is 27.6. The lowest BCUT2D eigenvalue weighted by Gasteiger charge is -2.30. The molecule has 0 aromatic heterocycles. The van der Waals surface area contributed by atoms with Crippen molar-refractivity contribution in [3.63, 3.8) is 0 Å². The van der Waals surface area contributed by atoms with Crippen LogP contribution in [0, 0.1) is 5.92 Å². The molecule has 17 heteroatoms. The maximum absolute atomic E-state index is 13.9. The Labute approximate surface area is 383 Å². The third-order valence-corrected chi connectivity index (χ3v) is 12.1. The van der Waals surface area contributed by atoms with Crippen molar-refractivity contribution in [2.75, 3.05) is 33.8 Å². The van der Waals surface area contributed by atoms with Gasteiger partial charge in [0.05, 0.1) is 13.2 Å². The van der Waals surface area contributed by atoms with Crippen molar-refractivity contribution in [1.82, 2.24) is 31.1 Å². The molecule has 0 radical (unpaired) electrons. The highest BCUT2D eigenvalue weighted by molar-refractivity contribution is 5.95. The molecule has 0 spiro atoms. The minimum Gasteiger partial charge on any atom is -0.507 e. The van der Waals surface area contributed by atoms with Gasteiger partial charge in [-0.2, -0.15) is 0 Å². The number of unbranched alkanes of at least 4 members (excludes halogenated alkanes) is 12. The molecule has 8 N–H and O–H groups in total. The zero-order chi connectivity index (χ0) is 48.1. The van der Waals surface area contributed by atoms with Crippen LogP contribution in [0.2, 0.25) is 0 Å². The summed E-state index contributed by atoms with van der Waals surface area (Å²) in [5, 5.41) is 51.6. The lowest BCUT2D eigenvalue weighted by molar-refractivity contribution is -0.143. The zero-order valence-electron chi connectivity index (χ0n) is 38.8. The fourth-order valence-electron chi connectivity index (χ4n) is 7.80. The highest BCUT2D eigenvalue weighted by Crippen LogP contribution is 2.38. The number of carbonyl (C=O) groups is 7. The number of rotatable bonds is 25. The SMILES string of the molecule is CCCCCCCCCCCCCCCC(=O)N(C)[C@H](CO)C(=O)NCCC(C)C(=O)NCC(=O)N(C)[C@@H]1C(=O)N[C@@H](C)C(=O)N[C@H](C(=O)O)Cc2ccc(O)c(c2)-c2cc1ccc2O. The third-order valence-electron chi connectivity index (χ3n) is 12.1. The van der Waals surface area contributed by atoms with Gasteiger partial charge in [0.2, 0.25) is 35.4 Å². The topological polar surface area (TPSA) is 255 Å². The fourth-order valence-corrected chi connectivity index (χ4v) is 7.80. The second-order valence-electron chi connectivity index (χ2n) is 17.3. The number of aromatic hydroxyl groups is 2. The smallest absolute Gasteiger partial charge is 0.326 e. The van der Waals surface area contributed by atoms with E-state index >= 15 is 0 Å². The number of fused-ring (bicyclic) bond motifs is 5. The van der Waals surface area contributed by atoms with E-state index < -0.39 is 78.7 Å². The van der Waals surface area contributed by atoms with E-state index in [0.29, 0.717) is 12.0 Å². The van der Waals surface area contributed by atoms with E-state index in [4.69, 9.17) is 0 Å². The van der Waals surface area contributed by atoms with Crippen molar-refractivity contribution in [1.29, 1.82) is 0 Å². The molecule has 0 fully saturated rings. The van der Waals surface area contributed by atoms with Gasteiger partial charge < -0.3 is 51.5 Å². The van der Waals surface area contributed by atoms with Crippen molar-refractivity contribution < 1.29 is 54.0 Å². The monoisotopic (exact) mass is 909 g/mol. The van der Waals surface area contributed by atoms with Gasteiger partial charge in [-0.15, -0.1) is 0 Å². The average molecular weight is 909 g/mol. The van der Waals surface area contributed by atoms with Gasteiger partial charge in [-0.1, -0.05) is 103 Å². The van der Waals surface area contributed by atoms with Gasteiger partial charge in [0.25, 0.3) is 0 Å². The molecule has 0 saturated heterocycles. The number of aliphatic hydroxyl groups excluding tert-OH is 1. The lowest BCUT2D eigenvalue weighted by atomic mass is 9.94. The number of aliphatic carboxylic acids is 1. The predicted octanol–water partition coefficient (Wildman–Crippen LogP) is 4.45. The third kappa shape index (κ3) is 17.0. The summed E-state index contributed by atoms with van der Waals surface area (Å²) >= 11 is 0. The Balaban J connectivity index is 1.53. The number of hydrogen-bond acceptors (Lipinski definition) is 10. The number of carboxylic acids is 1. The molecular formula is C48H72N6O11. The standard InChI is InChI=1S/C48H72N6O11/c1-6-7-8-9-10-11-12-13-14-15-16-17-18-19-41(58)53(4)38(30-55)46(62)49-25-24-31(2)44(60)50-29-42(59)54(5)43-34-21-23-40(57)36(28-34)35-26-33(20-22-39(35)56)27-37(48(64)65)52-45(61)32(3)51-47(43)63/h20-23,26,28,31-32,37-38,43,55-57H,6-19,24-25,27,29-30H2,1-5H3,(H,49,62)(H,50,60)(H,51,63)(H,52,61)(H,64,65)/t31?,32-,37-,38+,43-/m0/s1. The van der Waals surface area contributed by atoms with Crippen molar-refractivity contribution in [3.05, 3.63) is 47.5 Å². The summed E-state index contributed by atoms with van der Waals surface area (Å²) in [6.07, 6.45) is 15.7. The maximum Gasteiger partial charge on any atom is 0.326 e. The molecule has 2 aromatic rings. The van der Waals surface area contributed by atoms with Crippen LogP contribution in [0.4, 0.5) is 0 Å². The molecule has 5 atom stereocenters. The van der Waals surface area contributed by atoms with Crippen LogP contribution in [-0.2, 0) is 40.0 Å². The number of carboxylic acid groups (broad SMARTS) is 1. The first-order valence-corrected chi connectivity index (χ1v) is 23.2. The Morgan fingerprint density at radius 3 is 1.91 bits per heavy atom. The number of carbonyl (C=O) groups excluding carboxylic acids is 6. The van der Waals surface area contributed by atoms with Crippen LogP contribution < -0.4 is 21.3 Å². The van der Waals surface area contributed by atoms with Gasteiger partial charge in [0, 0.05) is 50.5 Å². The van der Waals surface area contributed by atoms with Crippen LogP contribution >= 0.6 is 0 Å². The second-order valence-corrected chi connectivity index (χ2v) is 17.3. The van der Waals surface area contributed by atoms with Crippen LogP contribution in [0.3, 0.4) is 0 Å². The Morgan fingerprint density at radius 2 is 1.32 bits per heavy atom. The van der Waals surface area contributed by atoms with Gasteiger partial charge in [0.15, 0.2) is 0 Å². The number of likely N-dealkylation sites (N-methyl/N-ethyl adjacent to an activating group) is 2. The highest BCUT2D eigenvalue weighted by atomic mass is 16.4. The van der Waals surface area contributed by atoms with Crippen molar-refractivity contribution in [2.45, 2.75) is 148 Å². The minimum absolute atomic E-state index is 0.0432. The normalized spacial score (nSPS) is 17.1. The Kier molecular flexibility index (Phi) is 22.8. The van der Waals surface area contributed by atoms with Gasteiger partial charge >= 0.3 is 5.97 Å². The van der Waals surface area contributed by atoms with Crippen LogP contribution in [0.15, 0.2) is 36.4 Å². The first-order valence-electron chi connectivity index (χ1n) is 23.2. The summed E-state index contributed by atoms with van der Waals surface area (Å²) in [5.74, 6) is -6.22. The molecule has 4 bridgehead atoms. The largest absolute Gasteiger partial charge is 0.507 e. The molecule has 17 nitrogen and oxygen atoms in total. The molecule has 65 heavy (non-hydrogen) atoms. The summed E-state index contributed by atoms with van der Waals surface area (Å²) in [5.41, 5.74) is 0.808. The highest BCUT2D eigenvalue weighted by Gasteiger charge is 2.33. The molecule has 1 unspecified atom stereocenters. The van der Waals surface area contributed by atoms with Crippen molar-refractivity contribution in [2.24, 2.45) is 5.92 Å². The average Bonchev–Trinajstić information content (AvgIpc) is 3.27.